The maximum atomic E-state index is 11.2. The number of carbonyl (C=O) groups is 1. The lowest BCUT2D eigenvalue weighted by Gasteiger charge is -2.06. The van der Waals surface area contributed by atoms with Crippen molar-refractivity contribution in [1.29, 1.82) is 0 Å². The number of fused-ring (bicyclic) bond motifs is 1. The van der Waals surface area contributed by atoms with Gasteiger partial charge in [0.25, 0.3) is 0 Å². The van der Waals surface area contributed by atoms with Crippen LogP contribution < -0.4 is 16.4 Å². The standard InChI is InChI=1S/C10H8BrN3O3/c11-6-1-5(3-12-4-15)8-7(2-6)13-9(16)10(17)14-8/h1-2,4H,3H2,(H,12,15)(H,13,16)(H,14,17). The van der Waals surface area contributed by atoms with Crippen molar-refractivity contribution in [1.82, 2.24) is 15.3 Å². The smallest absolute Gasteiger partial charge is 0.314 e. The molecule has 2 rings (SSSR count). The molecule has 0 bridgehead atoms. The topological polar surface area (TPSA) is 94.8 Å². The highest BCUT2D eigenvalue weighted by atomic mass is 79.9. The molecule has 6 nitrogen and oxygen atoms in total. The quantitative estimate of drug-likeness (QED) is 0.559. The molecule has 0 unspecified atom stereocenters. The summed E-state index contributed by atoms with van der Waals surface area (Å²) >= 11 is 3.29. The molecule has 0 saturated heterocycles. The van der Waals surface area contributed by atoms with Gasteiger partial charge in [0.2, 0.25) is 6.41 Å². The van der Waals surface area contributed by atoms with Gasteiger partial charge in [0.15, 0.2) is 0 Å². The van der Waals surface area contributed by atoms with E-state index in [1.165, 1.54) is 0 Å². The maximum Gasteiger partial charge on any atom is 0.314 e. The zero-order chi connectivity index (χ0) is 12.4. The van der Waals surface area contributed by atoms with E-state index in [2.05, 4.69) is 31.2 Å². The van der Waals surface area contributed by atoms with E-state index in [0.29, 0.717) is 23.0 Å². The van der Waals surface area contributed by atoms with Crippen LogP contribution in [-0.4, -0.2) is 16.4 Å². The first kappa shape index (κ1) is 11.6. The minimum atomic E-state index is -0.716. The van der Waals surface area contributed by atoms with Gasteiger partial charge < -0.3 is 15.3 Å². The van der Waals surface area contributed by atoms with E-state index in [1.807, 2.05) is 0 Å². The van der Waals surface area contributed by atoms with Crippen LogP contribution in [0.1, 0.15) is 5.56 Å². The molecule has 3 N–H and O–H groups in total. The number of amides is 1. The van der Waals surface area contributed by atoms with Crippen molar-refractivity contribution in [2.24, 2.45) is 0 Å². The predicted molar refractivity (Wildman–Crippen MR) is 65.8 cm³/mol. The number of nitrogens with one attached hydrogen (secondary N) is 3. The van der Waals surface area contributed by atoms with Gasteiger partial charge in [0.1, 0.15) is 0 Å². The summed E-state index contributed by atoms with van der Waals surface area (Å²) in [6.07, 6.45) is 0.566. The number of benzene rings is 1. The first-order chi connectivity index (χ1) is 8.11. The van der Waals surface area contributed by atoms with Gasteiger partial charge in [-0.1, -0.05) is 15.9 Å². The van der Waals surface area contributed by atoms with Crippen LogP contribution >= 0.6 is 15.9 Å². The summed E-state index contributed by atoms with van der Waals surface area (Å²) in [5.74, 6) is 0. The SMILES string of the molecule is O=CNCc1cc(Br)cc2[nH]c(=O)c(=O)[nH]c12. The van der Waals surface area contributed by atoms with E-state index in [9.17, 15) is 14.4 Å². The Labute approximate surface area is 103 Å². The lowest BCUT2D eigenvalue weighted by atomic mass is 10.2. The van der Waals surface area contributed by atoms with E-state index in [1.54, 1.807) is 12.1 Å². The van der Waals surface area contributed by atoms with Crippen LogP contribution in [0.2, 0.25) is 0 Å². The van der Waals surface area contributed by atoms with Gasteiger partial charge in [-0.3, -0.25) is 14.4 Å². The maximum absolute atomic E-state index is 11.2. The lowest BCUT2D eigenvalue weighted by Crippen LogP contribution is -2.29. The third-order valence-corrected chi connectivity index (χ3v) is 2.71. The van der Waals surface area contributed by atoms with Crippen molar-refractivity contribution in [2.75, 3.05) is 0 Å². The predicted octanol–water partition coefficient (Wildman–Crippen LogP) is 0.225. The molecule has 0 spiro atoms. The van der Waals surface area contributed by atoms with Crippen LogP contribution in [0.3, 0.4) is 0 Å². The molecule has 0 aliphatic heterocycles. The fourth-order valence-corrected chi connectivity index (χ4v) is 2.06. The molecule has 0 aliphatic carbocycles. The molecule has 1 aromatic carbocycles. The second-order valence-corrected chi connectivity index (χ2v) is 4.31. The van der Waals surface area contributed by atoms with Crippen molar-refractivity contribution < 1.29 is 4.79 Å². The van der Waals surface area contributed by atoms with Gasteiger partial charge in [-0.15, -0.1) is 0 Å². The number of halogens is 1. The molecule has 1 aromatic heterocycles. The zero-order valence-electron chi connectivity index (χ0n) is 8.54. The third kappa shape index (κ3) is 2.28. The van der Waals surface area contributed by atoms with E-state index in [4.69, 9.17) is 0 Å². The normalized spacial score (nSPS) is 10.4. The highest BCUT2D eigenvalue weighted by molar-refractivity contribution is 9.10. The molecule has 0 aliphatic rings. The van der Waals surface area contributed by atoms with Gasteiger partial charge in [0, 0.05) is 11.0 Å². The van der Waals surface area contributed by atoms with Crippen molar-refractivity contribution >= 4 is 33.4 Å². The summed E-state index contributed by atoms with van der Waals surface area (Å²) in [7, 11) is 0. The zero-order valence-corrected chi connectivity index (χ0v) is 10.1. The molecule has 0 radical (unpaired) electrons. The third-order valence-electron chi connectivity index (χ3n) is 2.25. The molecule has 0 atom stereocenters. The Morgan fingerprint density at radius 2 is 1.94 bits per heavy atom. The summed E-state index contributed by atoms with van der Waals surface area (Å²) in [5, 5.41) is 2.50. The molecule has 17 heavy (non-hydrogen) atoms. The summed E-state index contributed by atoms with van der Waals surface area (Å²) < 4.78 is 0.746. The Morgan fingerprint density at radius 1 is 1.24 bits per heavy atom. The van der Waals surface area contributed by atoms with E-state index in [-0.39, 0.29) is 6.54 Å². The van der Waals surface area contributed by atoms with Gasteiger partial charge in [-0.25, -0.2) is 0 Å². The van der Waals surface area contributed by atoms with Crippen LogP contribution in [0, 0.1) is 0 Å². The number of H-pyrrole nitrogens is 2. The Morgan fingerprint density at radius 3 is 2.65 bits per heavy atom. The summed E-state index contributed by atoms with van der Waals surface area (Å²) in [6, 6.07) is 3.43. The monoisotopic (exact) mass is 297 g/mol. The summed E-state index contributed by atoms with van der Waals surface area (Å²) in [4.78, 5) is 37.7. The fourth-order valence-electron chi connectivity index (χ4n) is 1.55. The highest BCUT2D eigenvalue weighted by Crippen LogP contribution is 2.19. The number of hydrogen-bond acceptors (Lipinski definition) is 3. The molecule has 0 saturated carbocycles. The molecular formula is C10H8BrN3O3. The van der Waals surface area contributed by atoms with E-state index < -0.39 is 11.1 Å². The van der Waals surface area contributed by atoms with Gasteiger partial charge in [-0.2, -0.15) is 0 Å². The van der Waals surface area contributed by atoms with Crippen LogP contribution in [0.25, 0.3) is 11.0 Å². The molecule has 1 amide bonds. The number of carbonyl (C=O) groups excluding carboxylic acids is 1. The van der Waals surface area contributed by atoms with Gasteiger partial charge >= 0.3 is 11.1 Å². The first-order valence-corrected chi connectivity index (χ1v) is 5.53. The highest BCUT2D eigenvalue weighted by Gasteiger charge is 2.06. The second-order valence-electron chi connectivity index (χ2n) is 3.39. The van der Waals surface area contributed by atoms with Crippen molar-refractivity contribution in [3.63, 3.8) is 0 Å². The van der Waals surface area contributed by atoms with Crippen LogP contribution in [0.15, 0.2) is 26.2 Å². The summed E-state index contributed by atoms with van der Waals surface area (Å²) in [5.41, 5.74) is 0.297. The molecule has 2 aromatic rings. The van der Waals surface area contributed by atoms with Crippen molar-refractivity contribution in [2.45, 2.75) is 6.54 Å². The molecular weight excluding hydrogens is 290 g/mol. The first-order valence-electron chi connectivity index (χ1n) is 4.73. The van der Waals surface area contributed by atoms with Gasteiger partial charge in [0.05, 0.1) is 11.0 Å². The summed E-state index contributed by atoms with van der Waals surface area (Å²) in [6.45, 7) is 0.265. The fraction of sp³-hybridized carbons (Fsp3) is 0.100. The Balaban J connectivity index is 2.73. The average molecular weight is 298 g/mol. The number of hydrogen-bond donors (Lipinski definition) is 3. The molecule has 1 heterocycles. The molecule has 88 valence electrons. The van der Waals surface area contributed by atoms with E-state index in [0.717, 1.165) is 4.47 Å². The lowest BCUT2D eigenvalue weighted by molar-refractivity contribution is -0.109. The van der Waals surface area contributed by atoms with Gasteiger partial charge in [-0.05, 0) is 17.7 Å². The van der Waals surface area contributed by atoms with Crippen LogP contribution in [0.5, 0.6) is 0 Å². The number of aromatic amines is 2. The van der Waals surface area contributed by atoms with Crippen LogP contribution in [0.4, 0.5) is 0 Å². The Bertz CT molecular complexity index is 689. The molecule has 7 heteroatoms. The Kier molecular flexibility index (Phi) is 3.10. The minimum Gasteiger partial charge on any atom is -0.355 e. The number of aromatic nitrogens is 2. The van der Waals surface area contributed by atoms with Crippen molar-refractivity contribution in [3.05, 3.63) is 42.9 Å². The minimum absolute atomic E-state index is 0.265. The van der Waals surface area contributed by atoms with Crippen LogP contribution in [-0.2, 0) is 11.3 Å². The average Bonchev–Trinajstić information content (AvgIpc) is 2.28. The second kappa shape index (κ2) is 4.54. The molecule has 0 fully saturated rings. The Hall–Kier alpha value is -1.89. The van der Waals surface area contributed by atoms with Crippen molar-refractivity contribution in [3.8, 4) is 0 Å². The van der Waals surface area contributed by atoms with E-state index >= 15 is 0 Å². The largest absolute Gasteiger partial charge is 0.355 e. The number of rotatable bonds is 3.